The number of rotatable bonds is 11. The molecule has 0 amide bonds. The number of nitrogens with one attached hydrogen (secondary N) is 1. The lowest BCUT2D eigenvalue weighted by Gasteiger charge is -2.22. The molecule has 0 aliphatic rings. The van der Waals surface area contributed by atoms with E-state index in [4.69, 9.17) is 4.52 Å². The Morgan fingerprint density at radius 3 is 2.48 bits per heavy atom. The molecule has 0 saturated heterocycles. The van der Waals surface area contributed by atoms with Crippen LogP contribution in [0.1, 0.15) is 38.7 Å². The Labute approximate surface area is 168 Å². The van der Waals surface area contributed by atoms with Gasteiger partial charge in [0.2, 0.25) is 7.37 Å². The van der Waals surface area contributed by atoms with Crippen molar-refractivity contribution < 1.29 is 9.09 Å². The molecule has 0 fully saturated rings. The van der Waals surface area contributed by atoms with Crippen molar-refractivity contribution in [2.75, 3.05) is 24.3 Å². The van der Waals surface area contributed by atoms with Crippen LogP contribution in [0.3, 0.4) is 0 Å². The fourth-order valence-electron chi connectivity index (χ4n) is 2.88. The molecule has 2 aromatic carbocycles. The van der Waals surface area contributed by atoms with Crippen molar-refractivity contribution >= 4 is 30.1 Å². The maximum absolute atomic E-state index is 12.8. The number of aryl methyl sites for hydroxylation is 1. The summed E-state index contributed by atoms with van der Waals surface area (Å²) in [7, 11) is -2.74. The van der Waals surface area contributed by atoms with Crippen LogP contribution in [0, 0.1) is 6.92 Å². The first-order valence-electron chi connectivity index (χ1n) is 9.74. The maximum Gasteiger partial charge on any atom is 0.229 e. The van der Waals surface area contributed by atoms with Crippen molar-refractivity contribution in [1.82, 2.24) is 0 Å². The minimum atomic E-state index is -2.74. The number of benzene rings is 2. The Morgan fingerprint density at radius 2 is 1.85 bits per heavy atom. The summed E-state index contributed by atoms with van der Waals surface area (Å²) in [5.74, 6) is 1.02. The SMILES string of the molecule is CCCO[P@@](C)(=O)c1ccc(N[C@H](CCC)CSc2ccccc2)c(C)c1. The van der Waals surface area contributed by atoms with Crippen LogP contribution >= 0.6 is 19.1 Å². The van der Waals surface area contributed by atoms with Crippen LogP contribution in [-0.2, 0) is 9.09 Å². The van der Waals surface area contributed by atoms with Crippen LogP contribution < -0.4 is 10.6 Å². The van der Waals surface area contributed by atoms with Gasteiger partial charge in [0, 0.05) is 34.3 Å². The molecular weight excluding hydrogens is 373 g/mol. The molecule has 0 radical (unpaired) electrons. The topological polar surface area (TPSA) is 38.3 Å². The summed E-state index contributed by atoms with van der Waals surface area (Å²) in [6, 6.07) is 16.9. The molecule has 5 heteroatoms. The van der Waals surface area contributed by atoms with Gasteiger partial charge in [0.15, 0.2) is 0 Å². The number of anilines is 1. The molecule has 0 aliphatic heterocycles. The van der Waals surface area contributed by atoms with Crippen LogP contribution in [0.5, 0.6) is 0 Å². The highest BCUT2D eigenvalue weighted by Gasteiger charge is 2.20. The van der Waals surface area contributed by atoms with E-state index in [1.807, 2.05) is 43.0 Å². The summed E-state index contributed by atoms with van der Waals surface area (Å²) in [6.45, 7) is 8.55. The molecule has 148 valence electrons. The maximum atomic E-state index is 12.8. The first-order chi connectivity index (χ1) is 13.0. The van der Waals surface area contributed by atoms with Crippen molar-refractivity contribution in [1.29, 1.82) is 0 Å². The number of hydrogen-bond acceptors (Lipinski definition) is 4. The van der Waals surface area contributed by atoms with E-state index in [1.165, 1.54) is 4.90 Å². The van der Waals surface area contributed by atoms with Crippen molar-refractivity contribution in [3.05, 3.63) is 54.1 Å². The highest BCUT2D eigenvalue weighted by atomic mass is 32.2. The molecule has 3 nitrogen and oxygen atoms in total. The second-order valence-electron chi connectivity index (χ2n) is 6.93. The van der Waals surface area contributed by atoms with E-state index in [9.17, 15) is 4.57 Å². The third kappa shape index (κ3) is 7.03. The van der Waals surface area contributed by atoms with Crippen molar-refractivity contribution in [2.45, 2.75) is 51.0 Å². The fourth-order valence-corrected chi connectivity index (χ4v) is 5.33. The van der Waals surface area contributed by atoms with Crippen molar-refractivity contribution in [3.63, 3.8) is 0 Å². The zero-order chi connectivity index (χ0) is 19.7. The summed E-state index contributed by atoms with van der Waals surface area (Å²) in [6.07, 6.45) is 3.13. The molecule has 0 spiro atoms. The normalized spacial score (nSPS) is 14.5. The van der Waals surface area contributed by atoms with Crippen LogP contribution in [0.15, 0.2) is 53.4 Å². The van der Waals surface area contributed by atoms with Gasteiger partial charge in [-0.1, -0.05) is 38.5 Å². The summed E-state index contributed by atoms with van der Waals surface area (Å²) in [5, 5.41) is 4.48. The molecule has 2 atom stereocenters. The third-order valence-corrected chi connectivity index (χ3v) is 7.48. The second kappa shape index (κ2) is 10.9. The zero-order valence-corrected chi connectivity index (χ0v) is 18.6. The van der Waals surface area contributed by atoms with E-state index in [-0.39, 0.29) is 0 Å². The Kier molecular flexibility index (Phi) is 8.95. The predicted molar refractivity (Wildman–Crippen MR) is 120 cm³/mol. The zero-order valence-electron chi connectivity index (χ0n) is 16.9. The van der Waals surface area contributed by atoms with Crippen LogP contribution in [0.25, 0.3) is 0 Å². The summed E-state index contributed by atoms with van der Waals surface area (Å²) in [4.78, 5) is 1.30. The highest BCUT2D eigenvalue weighted by molar-refractivity contribution is 7.99. The minimum absolute atomic E-state index is 0.398. The molecule has 2 rings (SSSR count). The quantitative estimate of drug-likeness (QED) is 0.350. The smallest absolute Gasteiger partial charge is 0.229 e. The average Bonchev–Trinajstić information content (AvgIpc) is 2.67. The fraction of sp³-hybridized carbons (Fsp3) is 0.455. The minimum Gasteiger partial charge on any atom is -0.381 e. The van der Waals surface area contributed by atoms with Gasteiger partial charge in [-0.05, 0) is 55.7 Å². The van der Waals surface area contributed by atoms with Gasteiger partial charge in [-0.2, -0.15) is 0 Å². The first kappa shape index (κ1) is 22.1. The van der Waals surface area contributed by atoms with E-state index in [0.717, 1.165) is 41.6 Å². The molecule has 27 heavy (non-hydrogen) atoms. The lowest BCUT2D eigenvalue weighted by atomic mass is 10.1. The molecule has 1 N–H and O–H groups in total. The van der Waals surface area contributed by atoms with Crippen molar-refractivity contribution in [3.8, 4) is 0 Å². The van der Waals surface area contributed by atoms with Gasteiger partial charge in [0.25, 0.3) is 0 Å². The van der Waals surface area contributed by atoms with E-state index < -0.39 is 7.37 Å². The third-order valence-electron chi connectivity index (χ3n) is 4.41. The lowest BCUT2D eigenvalue weighted by molar-refractivity contribution is 0.323. The molecule has 0 aromatic heterocycles. The monoisotopic (exact) mass is 405 g/mol. The van der Waals surface area contributed by atoms with Crippen LogP contribution in [0.2, 0.25) is 0 Å². The Hall–Kier alpha value is -1.22. The van der Waals surface area contributed by atoms with Gasteiger partial charge in [-0.3, -0.25) is 4.57 Å². The average molecular weight is 406 g/mol. The number of hydrogen-bond donors (Lipinski definition) is 1. The summed E-state index contributed by atoms with van der Waals surface area (Å²) in [5.41, 5.74) is 2.22. The molecule has 0 heterocycles. The Bertz CT molecular complexity index is 751. The molecule has 0 saturated carbocycles. The van der Waals surface area contributed by atoms with Crippen LogP contribution in [0.4, 0.5) is 5.69 Å². The summed E-state index contributed by atoms with van der Waals surface area (Å²) < 4.78 is 18.4. The van der Waals surface area contributed by atoms with Gasteiger partial charge < -0.3 is 9.84 Å². The van der Waals surface area contributed by atoms with E-state index in [0.29, 0.717) is 12.6 Å². The molecule has 0 bridgehead atoms. The molecule has 0 unspecified atom stereocenters. The number of thioether (sulfide) groups is 1. The van der Waals surface area contributed by atoms with Crippen LogP contribution in [-0.4, -0.2) is 25.1 Å². The largest absolute Gasteiger partial charge is 0.381 e. The van der Waals surface area contributed by atoms with Crippen molar-refractivity contribution in [2.24, 2.45) is 0 Å². The van der Waals surface area contributed by atoms with E-state index in [1.54, 1.807) is 6.66 Å². The Morgan fingerprint density at radius 1 is 1.11 bits per heavy atom. The summed E-state index contributed by atoms with van der Waals surface area (Å²) >= 11 is 1.88. The molecule has 0 aliphatic carbocycles. The van der Waals surface area contributed by atoms with E-state index >= 15 is 0 Å². The van der Waals surface area contributed by atoms with Gasteiger partial charge in [0.05, 0.1) is 6.61 Å². The van der Waals surface area contributed by atoms with Gasteiger partial charge in [-0.15, -0.1) is 11.8 Å². The lowest BCUT2D eigenvalue weighted by Crippen LogP contribution is -2.23. The second-order valence-corrected chi connectivity index (χ2v) is 10.5. The standard InChI is InChI=1S/C22H32NO2PS/c1-5-10-19(17-27-21-11-8-7-9-12-21)23-22-14-13-20(16-18(22)3)26(4,24)25-15-6-2/h7-9,11-14,16,19,23H,5-6,10,15,17H2,1-4H3/t19-,26-/m1/s1. The van der Waals surface area contributed by atoms with Gasteiger partial charge in [-0.25, -0.2) is 0 Å². The predicted octanol–water partition coefficient (Wildman–Crippen LogP) is 6.33. The highest BCUT2D eigenvalue weighted by Crippen LogP contribution is 2.42. The Balaban J connectivity index is 2.05. The first-order valence-corrected chi connectivity index (χ1v) is 12.8. The van der Waals surface area contributed by atoms with Gasteiger partial charge in [0.1, 0.15) is 0 Å². The molecular formula is C22H32NO2PS. The van der Waals surface area contributed by atoms with Gasteiger partial charge >= 0.3 is 0 Å². The van der Waals surface area contributed by atoms with E-state index in [2.05, 4.69) is 43.4 Å². The molecule has 2 aromatic rings.